The van der Waals surface area contributed by atoms with Gasteiger partial charge in [-0.2, -0.15) is 13.2 Å². The number of carboxylic acid groups (broad SMARTS) is 1. The second-order valence-electron chi connectivity index (χ2n) is 7.40. The summed E-state index contributed by atoms with van der Waals surface area (Å²) in [7, 11) is 0. The summed E-state index contributed by atoms with van der Waals surface area (Å²) >= 11 is 1.64. The summed E-state index contributed by atoms with van der Waals surface area (Å²) in [5.41, 5.74) is 2.14. The number of anilines is 1. The molecule has 1 N–H and O–H groups in total. The number of aromatic nitrogens is 3. The highest BCUT2D eigenvalue weighted by Crippen LogP contribution is 2.34. The molecule has 2 atom stereocenters. The number of nitrogens with zero attached hydrogens (tertiary/aromatic N) is 5. The molecule has 0 radical (unpaired) electrons. The van der Waals surface area contributed by atoms with E-state index in [1.807, 2.05) is 29.6 Å². The van der Waals surface area contributed by atoms with Crippen LogP contribution in [0, 0.1) is 18.8 Å². The highest BCUT2D eigenvalue weighted by Gasteiger charge is 2.46. The molecule has 2 aromatic heterocycles. The Morgan fingerprint density at radius 3 is 2.39 bits per heavy atom. The minimum Gasteiger partial charge on any atom is -0.475 e. The number of thiazole rings is 1. The van der Waals surface area contributed by atoms with Crippen molar-refractivity contribution in [3.05, 3.63) is 34.0 Å². The van der Waals surface area contributed by atoms with Gasteiger partial charge < -0.3 is 14.9 Å². The molecule has 2 aliphatic rings. The molecule has 4 rings (SSSR count). The third-order valence-electron chi connectivity index (χ3n) is 5.17. The van der Waals surface area contributed by atoms with Gasteiger partial charge in [0.1, 0.15) is 0 Å². The van der Waals surface area contributed by atoms with Gasteiger partial charge in [-0.25, -0.2) is 19.7 Å². The van der Waals surface area contributed by atoms with Crippen LogP contribution in [0.2, 0.25) is 0 Å². The van der Waals surface area contributed by atoms with Crippen LogP contribution >= 0.6 is 11.3 Å². The van der Waals surface area contributed by atoms with Crippen molar-refractivity contribution in [1.29, 1.82) is 0 Å². The maximum atomic E-state index is 12.7. The Balaban J connectivity index is 0.000000339. The number of hydrogen-bond donors (Lipinski definition) is 1. The summed E-state index contributed by atoms with van der Waals surface area (Å²) in [5, 5.41) is 10.2. The Morgan fingerprint density at radius 2 is 1.90 bits per heavy atom. The molecule has 4 heterocycles. The lowest BCUT2D eigenvalue weighted by atomic mass is 10.0. The van der Waals surface area contributed by atoms with Crippen molar-refractivity contribution in [3.63, 3.8) is 0 Å². The Labute approximate surface area is 180 Å². The summed E-state index contributed by atoms with van der Waals surface area (Å²) in [5.74, 6) is -1.33. The lowest BCUT2D eigenvalue weighted by Gasteiger charge is -2.21. The van der Waals surface area contributed by atoms with Gasteiger partial charge in [-0.05, 0) is 18.9 Å². The zero-order chi connectivity index (χ0) is 22.8. The minimum atomic E-state index is -5.08. The fourth-order valence-electron chi connectivity index (χ4n) is 3.62. The van der Waals surface area contributed by atoms with Gasteiger partial charge in [0.05, 0.1) is 23.2 Å². The predicted octanol–water partition coefficient (Wildman–Crippen LogP) is 2.53. The summed E-state index contributed by atoms with van der Waals surface area (Å²) in [6.07, 6.45) is -0.376. The molecule has 12 heteroatoms. The van der Waals surface area contributed by atoms with Crippen LogP contribution in [0.5, 0.6) is 0 Å². The molecule has 0 saturated carbocycles. The smallest absolute Gasteiger partial charge is 0.475 e. The van der Waals surface area contributed by atoms with E-state index in [4.69, 9.17) is 9.90 Å². The van der Waals surface area contributed by atoms with Gasteiger partial charge in [-0.1, -0.05) is 6.92 Å². The number of carboxylic acids is 1. The Kier molecular flexibility index (Phi) is 6.77. The van der Waals surface area contributed by atoms with E-state index in [0.29, 0.717) is 12.5 Å². The lowest BCUT2D eigenvalue weighted by Crippen LogP contribution is -2.33. The van der Waals surface area contributed by atoms with Crippen molar-refractivity contribution in [2.75, 3.05) is 24.5 Å². The van der Waals surface area contributed by atoms with E-state index in [9.17, 15) is 18.0 Å². The van der Waals surface area contributed by atoms with Gasteiger partial charge in [0, 0.05) is 43.3 Å². The number of amides is 1. The van der Waals surface area contributed by atoms with E-state index in [-0.39, 0.29) is 11.8 Å². The van der Waals surface area contributed by atoms with Crippen LogP contribution in [0.4, 0.5) is 19.1 Å². The van der Waals surface area contributed by atoms with E-state index in [1.165, 1.54) is 0 Å². The summed E-state index contributed by atoms with van der Waals surface area (Å²) in [6.45, 7) is 7.11. The molecule has 0 aliphatic carbocycles. The number of halogens is 3. The largest absolute Gasteiger partial charge is 0.490 e. The maximum Gasteiger partial charge on any atom is 0.490 e. The highest BCUT2D eigenvalue weighted by atomic mass is 32.1. The van der Waals surface area contributed by atoms with Gasteiger partial charge in [-0.15, -0.1) is 11.3 Å². The molecule has 8 nitrogen and oxygen atoms in total. The monoisotopic (exact) mass is 457 g/mol. The Morgan fingerprint density at radius 1 is 1.26 bits per heavy atom. The number of carbonyl (C=O) groups is 2. The molecule has 0 aromatic carbocycles. The quantitative estimate of drug-likeness (QED) is 0.753. The first-order chi connectivity index (χ1) is 14.6. The van der Waals surface area contributed by atoms with E-state index >= 15 is 0 Å². The molecule has 2 fully saturated rings. The average Bonchev–Trinajstić information content (AvgIpc) is 3.39. The lowest BCUT2D eigenvalue weighted by molar-refractivity contribution is -0.192. The van der Waals surface area contributed by atoms with Crippen LogP contribution in [-0.4, -0.2) is 62.6 Å². The zero-order valence-corrected chi connectivity index (χ0v) is 17.8. The van der Waals surface area contributed by atoms with Gasteiger partial charge in [0.15, 0.2) is 0 Å². The van der Waals surface area contributed by atoms with E-state index in [2.05, 4.69) is 26.8 Å². The van der Waals surface area contributed by atoms with Crippen molar-refractivity contribution in [2.45, 2.75) is 33.0 Å². The SMILES string of the molecule is CCc1cnc(N2C[C@H]3CN(Cc4csc(C)n4)C(=O)[C@H]3C2)nc1.O=C(O)C(F)(F)F. The summed E-state index contributed by atoms with van der Waals surface area (Å²) < 4.78 is 31.7. The number of aliphatic carboxylic acids is 1. The average molecular weight is 457 g/mol. The van der Waals surface area contributed by atoms with Crippen LogP contribution in [-0.2, 0) is 22.6 Å². The van der Waals surface area contributed by atoms with E-state index in [1.54, 1.807) is 11.3 Å². The summed E-state index contributed by atoms with van der Waals surface area (Å²) in [6, 6.07) is 0. The number of carbonyl (C=O) groups excluding carboxylic acids is 1. The third-order valence-corrected chi connectivity index (χ3v) is 5.99. The van der Waals surface area contributed by atoms with Gasteiger partial charge in [0.2, 0.25) is 11.9 Å². The first-order valence-electron chi connectivity index (χ1n) is 9.64. The highest BCUT2D eigenvalue weighted by molar-refractivity contribution is 7.09. The summed E-state index contributed by atoms with van der Waals surface area (Å²) in [4.78, 5) is 39.1. The van der Waals surface area contributed by atoms with Crippen LogP contribution in [0.25, 0.3) is 0 Å². The molecule has 168 valence electrons. The molecule has 0 spiro atoms. The van der Waals surface area contributed by atoms with Crippen molar-refractivity contribution < 1.29 is 27.9 Å². The normalized spacial score (nSPS) is 20.5. The molecular formula is C19H22F3N5O3S. The molecule has 31 heavy (non-hydrogen) atoms. The Bertz CT molecular complexity index is 935. The number of fused-ring (bicyclic) bond motifs is 1. The topological polar surface area (TPSA) is 99.5 Å². The number of likely N-dealkylation sites (tertiary alicyclic amines) is 1. The Hall–Kier alpha value is -2.76. The number of hydrogen-bond acceptors (Lipinski definition) is 7. The van der Waals surface area contributed by atoms with Crippen molar-refractivity contribution in [1.82, 2.24) is 19.9 Å². The second kappa shape index (κ2) is 9.16. The van der Waals surface area contributed by atoms with Crippen molar-refractivity contribution in [2.24, 2.45) is 11.8 Å². The number of alkyl halides is 3. The number of rotatable bonds is 4. The van der Waals surface area contributed by atoms with Crippen LogP contribution in [0.3, 0.4) is 0 Å². The van der Waals surface area contributed by atoms with Crippen LogP contribution in [0.15, 0.2) is 17.8 Å². The fourth-order valence-corrected chi connectivity index (χ4v) is 4.22. The van der Waals surface area contributed by atoms with Crippen molar-refractivity contribution in [3.8, 4) is 0 Å². The molecule has 2 aliphatic heterocycles. The maximum absolute atomic E-state index is 12.7. The molecule has 1 amide bonds. The van der Waals surface area contributed by atoms with Gasteiger partial charge >= 0.3 is 12.1 Å². The van der Waals surface area contributed by atoms with E-state index in [0.717, 1.165) is 48.3 Å². The molecule has 2 aromatic rings. The first kappa shape index (κ1) is 22.9. The molecular weight excluding hydrogens is 435 g/mol. The van der Waals surface area contributed by atoms with Gasteiger partial charge in [0.25, 0.3) is 0 Å². The predicted molar refractivity (Wildman–Crippen MR) is 107 cm³/mol. The second-order valence-corrected chi connectivity index (χ2v) is 8.46. The standard InChI is InChI=1S/C17H21N5OS.C2HF3O2/c1-3-12-4-18-17(19-5-12)22-7-13-6-21(16(23)15(13)9-22)8-14-10-24-11(2)20-14;3-2(4,5)1(6)7/h4-5,10,13,15H,3,6-9H2,1-2H3;(H,6,7)/t13-,15+;/m1./s1. The molecule has 2 saturated heterocycles. The molecule has 0 unspecified atom stereocenters. The van der Waals surface area contributed by atoms with Gasteiger partial charge in [-0.3, -0.25) is 4.79 Å². The minimum absolute atomic E-state index is 0.0687. The van der Waals surface area contributed by atoms with Crippen LogP contribution in [0.1, 0.15) is 23.2 Å². The van der Waals surface area contributed by atoms with Crippen molar-refractivity contribution >= 4 is 29.2 Å². The number of aryl methyl sites for hydroxylation is 2. The first-order valence-corrected chi connectivity index (χ1v) is 10.5. The van der Waals surface area contributed by atoms with Crippen LogP contribution < -0.4 is 4.90 Å². The zero-order valence-electron chi connectivity index (χ0n) is 17.0. The fraction of sp³-hybridized carbons (Fsp3) is 0.526. The third kappa shape index (κ3) is 5.49. The van der Waals surface area contributed by atoms with E-state index < -0.39 is 12.1 Å². The molecule has 0 bridgehead atoms.